The normalized spacial score (nSPS) is 12.9. The van der Waals surface area contributed by atoms with Gasteiger partial charge in [0.2, 0.25) is 17.1 Å². The van der Waals surface area contributed by atoms with Crippen molar-refractivity contribution in [3.05, 3.63) is 102 Å². The molecule has 5 aromatic rings. The van der Waals surface area contributed by atoms with Gasteiger partial charge in [-0.2, -0.15) is 0 Å². The zero-order chi connectivity index (χ0) is 18.5. The van der Waals surface area contributed by atoms with Crippen molar-refractivity contribution in [3.8, 4) is 0 Å². The second-order valence-corrected chi connectivity index (χ2v) is 6.84. The zero-order valence-corrected chi connectivity index (χ0v) is 15.0. The minimum atomic E-state index is 0.672. The molecular weight excluding hydrogens is 344 g/mol. The monoisotopic (exact) mass is 359 g/mol. The molecule has 0 saturated carbocycles. The lowest BCUT2D eigenvalue weighted by molar-refractivity contribution is 0.654. The van der Waals surface area contributed by atoms with E-state index in [1.165, 1.54) is 5.56 Å². The molecule has 3 aromatic carbocycles. The van der Waals surface area contributed by atoms with Crippen molar-refractivity contribution in [2.45, 2.75) is 0 Å². The van der Waals surface area contributed by atoms with Gasteiger partial charge in [0, 0.05) is 35.2 Å². The van der Waals surface area contributed by atoms with E-state index in [2.05, 4.69) is 70.0 Å². The molecule has 28 heavy (non-hydrogen) atoms. The molecule has 3 nitrogen and oxygen atoms in total. The lowest BCUT2D eigenvalue weighted by Crippen LogP contribution is -1.98. The molecule has 6 rings (SSSR count). The molecule has 1 aliphatic heterocycles. The first kappa shape index (κ1) is 15.2. The van der Waals surface area contributed by atoms with Gasteiger partial charge in [-0.15, -0.1) is 4.58 Å². The van der Waals surface area contributed by atoms with E-state index in [0.717, 1.165) is 38.9 Å². The van der Waals surface area contributed by atoms with Gasteiger partial charge in [0.15, 0.2) is 5.87 Å². The maximum Gasteiger partial charge on any atom is 0.229 e. The van der Waals surface area contributed by atoms with Crippen LogP contribution in [0.1, 0.15) is 11.1 Å². The maximum atomic E-state index is 5.88. The highest BCUT2D eigenvalue weighted by Gasteiger charge is 2.28. The molecule has 0 unspecified atom stereocenters. The Morgan fingerprint density at radius 2 is 1.64 bits per heavy atom. The fraction of sp³-hybridized carbons (Fsp3) is 0. The number of hydrogen-bond donors (Lipinski definition) is 0. The van der Waals surface area contributed by atoms with Gasteiger partial charge < -0.3 is 4.42 Å². The molecular formula is C25H15N2O+. The molecule has 3 heterocycles. The van der Waals surface area contributed by atoms with Crippen molar-refractivity contribution in [2.24, 2.45) is 0 Å². The molecule has 0 radical (unpaired) electrons. The third kappa shape index (κ3) is 2.18. The lowest BCUT2D eigenvalue weighted by atomic mass is 9.98. The number of nitrogens with zero attached hydrogens (tertiary/aromatic N) is 2. The van der Waals surface area contributed by atoms with Crippen LogP contribution in [0.5, 0.6) is 0 Å². The van der Waals surface area contributed by atoms with Crippen LogP contribution in [0, 0.1) is 0 Å². The van der Waals surface area contributed by atoms with Crippen LogP contribution in [0.2, 0.25) is 0 Å². The zero-order valence-electron chi connectivity index (χ0n) is 15.0. The van der Waals surface area contributed by atoms with Gasteiger partial charge in [0.25, 0.3) is 0 Å². The third-order valence-corrected chi connectivity index (χ3v) is 5.19. The van der Waals surface area contributed by atoms with E-state index in [1.807, 2.05) is 30.3 Å². The van der Waals surface area contributed by atoms with Crippen molar-refractivity contribution >= 4 is 44.9 Å². The summed E-state index contributed by atoms with van der Waals surface area (Å²) in [4.78, 5) is 4.34. The predicted molar refractivity (Wildman–Crippen MR) is 113 cm³/mol. The van der Waals surface area contributed by atoms with E-state index >= 15 is 0 Å². The molecule has 0 saturated heterocycles. The van der Waals surface area contributed by atoms with E-state index < -0.39 is 0 Å². The quantitative estimate of drug-likeness (QED) is 0.359. The standard InChI is InChI=1S/C25H15N2O/c1-2-7-18(8-3-1)27-16-22(19-9-4-5-11-23(19)27)17-12-13-24-21(15-17)20-10-6-14-26-25(20)28-24/h1-15H/q+1. The first-order valence-corrected chi connectivity index (χ1v) is 9.24. The molecule has 2 aromatic heterocycles. The van der Waals surface area contributed by atoms with Gasteiger partial charge in [-0.3, -0.25) is 0 Å². The Kier molecular flexibility index (Phi) is 3.13. The number of para-hydroxylation sites is 2. The number of pyridine rings is 1. The van der Waals surface area contributed by atoms with Gasteiger partial charge in [0.05, 0.1) is 5.56 Å². The minimum absolute atomic E-state index is 0.672. The molecule has 0 amide bonds. The third-order valence-electron chi connectivity index (χ3n) is 5.19. The molecule has 0 N–H and O–H groups in total. The second kappa shape index (κ2) is 5.78. The summed E-state index contributed by atoms with van der Waals surface area (Å²) in [6, 6.07) is 29.1. The number of fused-ring (bicyclic) bond motifs is 4. The van der Waals surface area contributed by atoms with Crippen LogP contribution in [-0.2, 0) is 0 Å². The average Bonchev–Trinajstić information content (AvgIpc) is 3.33. The molecule has 0 aliphatic carbocycles. The van der Waals surface area contributed by atoms with Crippen LogP contribution in [-0.4, -0.2) is 10.9 Å². The Morgan fingerprint density at radius 3 is 2.57 bits per heavy atom. The molecule has 0 bridgehead atoms. The number of furan rings is 1. The molecule has 130 valence electrons. The first-order valence-electron chi connectivity index (χ1n) is 9.24. The van der Waals surface area contributed by atoms with Crippen molar-refractivity contribution in [1.29, 1.82) is 0 Å². The molecule has 0 atom stereocenters. The van der Waals surface area contributed by atoms with Gasteiger partial charge in [0.1, 0.15) is 11.2 Å². The Balaban J connectivity index is 1.62. The van der Waals surface area contributed by atoms with E-state index in [4.69, 9.17) is 4.42 Å². The van der Waals surface area contributed by atoms with Crippen LogP contribution < -0.4 is 4.58 Å². The van der Waals surface area contributed by atoms with E-state index in [1.54, 1.807) is 6.20 Å². The van der Waals surface area contributed by atoms with Crippen LogP contribution in [0.4, 0.5) is 11.4 Å². The minimum Gasteiger partial charge on any atom is -0.438 e. The largest absolute Gasteiger partial charge is 0.438 e. The van der Waals surface area contributed by atoms with Crippen LogP contribution in [0.15, 0.2) is 95.5 Å². The highest BCUT2D eigenvalue weighted by atomic mass is 16.3. The molecule has 0 fully saturated rings. The summed E-state index contributed by atoms with van der Waals surface area (Å²) in [6.07, 6.45) is 1.76. The summed E-state index contributed by atoms with van der Waals surface area (Å²) in [7, 11) is 0. The topological polar surface area (TPSA) is 29.0 Å². The smallest absolute Gasteiger partial charge is 0.229 e. The van der Waals surface area contributed by atoms with Gasteiger partial charge >= 0.3 is 0 Å². The summed E-state index contributed by atoms with van der Waals surface area (Å²) in [6.45, 7) is 0. The van der Waals surface area contributed by atoms with Crippen molar-refractivity contribution in [3.63, 3.8) is 0 Å². The van der Waals surface area contributed by atoms with Gasteiger partial charge in [-0.05, 0) is 42.0 Å². The second-order valence-electron chi connectivity index (χ2n) is 6.84. The summed E-state index contributed by atoms with van der Waals surface area (Å²) in [5, 5.41) is 2.11. The van der Waals surface area contributed by atoms with Crippen LogP contribution in [0.3, 0.4) is 0 Å². The van der Waals surface area contributed by atoms with Crippen LogP contribution >= 0.6 is 0 Å². The van der Waals surface area contributed by atoms with Crippen molar-refractivity contribution < 1.29 is 4.42 Å². The van der Waals surface area contributed by atoms with E-state index in [-0.39, 0.29) is 0 Å². The van der Waals surface area contributed by atoms with Crippen LogP contribution in [0.25, 0.3) is 27.6 Å². The fourth-order valence-corrected chi connectivity index (χ4v) is 3.88. The average molecular weight is 359 g/mol. The number of benzene rings is 3. The maximum absolute atomic E-state index is 5.88. The lowest BCUT2D eigenvalue weighted by Gasteiger charge is -2.02. The summed E-state index contributed by atoms with van der Waals surface area (Å²) in [5.74, 6) is 3.60. The summed E-state index contributed by atoms with van der Waals surface area (Å²) in [5.41, 5.74) is 7.14. The Hall–Kier alpha value is -3.94. The highest BCUT2D eigenvalue weighted by molar-refractivity contribution is 6.11. The predicted octanol–water partition coefficient (Wildman–Crippen LogP) is 5.93. The Morgan fingerprint density at radius 1 is 0.786 bits per heavy atom. The molecule has 0 spiro atoms. The molecule has 1 aliphatic rings. The highest BCUT2D eigenvalue weighted by Crippen LogP contribution is 2.37. The molecule has 3 heteroatoms. The fourth-order valence-electron chi connectivity index (χ4n) is 3.88. The Bertz CT molecular complexity index is 1440. The number of rotatable bonds is 2. The van der Waals surface area contributed by atoms with Gasteiger partial charge in [-0.1, -0.05) is 30.3 Å². The SMILES string of the molecule is C1=C(c2ccc3oc4ncccc4c3c2)c2ccccc2[N+]=1c1ccccc1. The van der Waals surface area contributed by atoms with Crippen molar-refractivity contribution in [2.75, 3.05) is 0 Å². The number of hydrogen-bond acceptors (Lipinski definition) is 2. The Labute approximate surface area is 161 Å². The number of aromatic nitrogens is 1. The first-order chi connectivity index (χ1) is 13.9. The summed E-state index contributed by atoms with van der Waals surface area (Å²) < 4.78 is 8.01. The van der Waals surface area contributed by atoms with E-state index in [0.29, 0.717) is 5.71 Å². The van der Waals surface area contributed by atoms with E-state index in [9.17, 15) is 0 Å². The summed E-state index contributed by atoms with van der Waals surface area (Å²) >= 11 is 0. The van der Waals surface area contributed by atoms with Gasteiger partial charge in [-0.25, -0.2) is 4.98 Å². The van der Waals surface area contributed by atoms with Crippen molar-refractivity contribution in [1.82, 2.24) is 9.56 Å².